The maximum absolute atomic E-state index is 4.30. The molecule has 4 heteroatoms. The third-order valence-corrected chi connectivity index (χ3v) is 2.02. The van der Waals surface area contributed by atoms with Crippen LogP contribution >= 0.6 is 0 Å². The molecule has 1 aliphatic carbocycles. The standard InChI is InChI=1S/C9H14N4/c1-6-5-8(10-2)13-9(11-6)12-7-3-4-7/h5,7H,3-4H2,1-2H3,(H2,10,11,12,13). The smallest absolute Gasteiger partial charge is 0.225 e. The number of rotatable bonds is 3. The van der Waals surface area contributed by atoms with Crippen molar-refractivity contribution >= 4 is 11.8 Å². The summed E-state index contributed by atoms with van der Waals surface area (Å²) in [6, 6.07) is 2.53. The molecule has 1 aromatic heterocycles. The Balaban J connectivity index is 2.17. The van der Waals surface area contributed by atoms with E-state index in [1.807, 2.05) is 20.0 Å². The zero-order valence-corrected chi connectivity index (χ0v) is 7.96. The molecule has 0 bridgehead atoms. The molecular formula is C9H14N4. The number of nitrogens with zero attached hydrogens (tertiary/aromatic N) is 2. The van der Waals surface area contributed by atoms with Gasteiger partial charge in [-0.2, -0.15) is 4.98 Å². The molecule has 0 aromatic carbocycles. The summed E-state index contributed by atoms with van der Waals surface area (Å²) in [6.45, 7) is 1.97. The van der Waals surface area contributed by atoms with Crippen molar-refractivity contribution < 1.29 is 0 Å². The average Bonchev–Trinajstić information content (AvgIpc) is 2.87. The summed E-state index contributed by atoms with van der Waals surface area (Å²) in [7, 11) is 1.86. The molecule has 1 fully saturated rings. The molecular weight excluding hydrogens is 164 g/mol. The van der Waals surface area contributed by atoms with E-state index in [0.717, 1.165) is 17.5 Å². The molecule has 1 heterocycles. The Bertz CT molecular complexity index is 306. The van der Waals surface area contributed by atoms with Crippen LogP contribution in [0.25, 0.3) is 0 Å². The van der Waals surface area contributed by atoms with Crippen LogP contribution in [0.5, 0.6) is 0 Å². The minimum Gasteiger partial charge on any atom is -0.373 e. The van der Waals surface area contributed by atoms with Gasteiger partial charge in [-0.1, -0.05) is 0 Å². The third-order valence-electron chi connectivity index (χ3n) is 2.02. The first-order valence-electron chi connectivity index (χ1n) is 4.58. The fourth-order valence-corrected chi connectivity index (χ4v) is 1.17. The predicted octanol–water partition coefficient (Wildman–Crippen LogP) is 1.40. The monoisotopic (exact) mass is 178 g/mol. The SMILES string of the molecule is CNc1cc(C)nc(NC2CC2)n1. The topological polar surface area (TPSA) is 49.8 Å². The van der Waals surface area contributed by atoms with Gasteiger partial charge in [0.1, 0.15) is 5.82 Å². The van der Waals surface area contributed by atoms with Gasteiger partial charge in [0.05, 0.1) is 0 Å². The van der Waals surface area contributed by atoms with E-state index in [9.17, 15) is 0 Å². The molecule has 0 aliphatic heterocycles. The van der Waals surface area contributed by atoms with Crippen molar-refractivity contribution in [2.75, 3.05) is 17.7 Å². The second kappa shape index (κ2) is 3.20. The summed E-state index contributed by atoms with van der Waals surface area (Å²) in [5, 5.41) is 6.28. The van der Waals surface area contributed by atoms with Crippen molar-refractivity contribution in [3.8, 4) is 0 Å². The van der Waals surface area contributed by atoms with Crippen molar-refractivity contribution in [3.05, 3.63) is 11.8 Å². The highest BCUT2D eigenvalue weighted by molar-refractivity contribution is 5.42. The molecule has 0 unspecified atom stereocenters. The van der Waals surface area contributed by atoms with Crippen LogP contribution in [0.15, 0.2) is 6.07 Å². The van der Waals surface area contributed by atoms with Crippen LogP contribution in [0, 0.1) is 6.92 Å². The maximum Gasteiger partial charge on any atom is 0.225 e. The minimum atomic E-state index is 0.603. The first-order chi connectivity index (χ1) is 6.28. The van der Waals surface area contributed by atoms with Gasteiger partial charge in [0.2, 0.25) is 5.95 Å². The molecule has 70 valence electrons. The molecule has 13 heavy (non-hydrogen) atoms. The second-order valence-corrected chi connectivity index (χ2v) is 3.39. The number of anilines is 2. The van der Waals surface area contributed by atoms with Gasteiger partial charge in [-0.05, 0) is 19.8 Å². The summed E-state index contributed by atoms with van der Waals surface area (Å²) in [5.74, 6) is 1.61. The van der Waals surface area contributed by atoms with Crippen LogP contribution in [-0.2, 0) is 0 Å². The molecule has 4 nitrogen and oxygen atoms in total. The maximum atomic E-state index is 4.30. The van der Waals surface area contributed by atoms with Gasteiger partial charge >= 0.3 is 0 Å². The molecule has 0 atom stereocenters. The second-order valence-electron chi connectivity index (χ2n) is 3.39. The number of hydrogen-bond acceptors (Lipinski definition) is 4. The van der Waals surface area contributed by atoms with E-state index in [1.165, 1.54) is 12.8 Å². The van der Waals surface area contributed by atoms with Gasteiger partial charge < -0.3 is 10.6 Å². The molecule has 1 saturated carbocycles. The molecule has 1 aliphatic rings. The fraction of sp³-hybridized carbons (Fsp3) is 0.556. The van der Waals surface area contributed by atoms with Crippen LogP contribution in [0.1, 0.15) is 18.5 Å². The zero-order valence-electron chi connectivity index (χ0n) is 7.96. The molecule has 2 N–H and O–H groups in total. The van der Waals surface area contributed by atoms with E-state index < -0.39 is 0 Å². The molecule has 2 rings (SSSR count). The first kappa shape index (κ1) is 8.29. The van der Waals surface area contributed by atoms with Crippen molar-refractivity contribution in [1.29, 1.82) is 0 Å². The van der Waals surface area contributed by atoms with Crippen LogP contribution in [-0.4, -0.2) is 23.1 Å². The Labute approximate surface area is 77.8 Å². The van der Waals surface area contributed by atoms with Gasteiger partial charge in [-0.15, -0.1) is 0 Å². The Kier molecular flexibility index (Phi) is 2.04. The Morgan fingerprint density at radius 1 is 1.38 bits per heavy atom. The van der Waals surface area contributed by atoms with E-state index in [1.54, 1.807) is 0 Å². The van der Waals surface area contributed by atoms with E-state index >= 15 is 0 Å². The first-order valence-corrected chi connectivity index (χ1v) is 4.58. The van der Waals surface area contributed by atoms with Crippen molar-refractivity contribution in [3.63, 3.8) is 0 Å². The van der Waals surface area contributed by atoms with Gasteiger partial charge in [0.15, 0.2) is 0 Å². The summed E-state index contributed by atoms with van der Waals surface area (Å²) in [6.07, 6.45) is 2.48. The number of aryl methyl sites for hydroxylation is 1. The summed E-state index contributed by atoms with van der Waals surface area (Å²) >= 11 is 0. The summed E-state index contributed by atoms with van der Waals surface area (Å²) in [5.41, 5.74) is 0.988. The fourth-order valence-electron chi connectivity index (χ4n) is 1.17. The highest BCUT2D eigenvalue weighted by Crippen LogP contribution is 2.23. The van der Waals surface area contributed by atoms with Gasteiger partial charge in [0, 0.05) is 24.8 Å². The number of aromatic nitrogens is 2. The van der Waals surface area contributed by atoms with Gasteiger partial charge in [0.25, 0.3) is 0 Å². The average molecular weight is 178 g/mol. The van der Waals surface area contributed by atoms with Crippen LogP contribution in [0.2, 0.25) is 0 Å². The van der Waals surface area contributed by atoms with E-state index in [2.05, 4.69) is 20.6 Å². The lowest BCUT2D eigenvalue weighted by atomic mass is 10.4. The Morgan fingerprint density at radius 3 is 2.77 bits per heavy atom. The quantitative estimate of drug-likeness (QED) is 0.734. The zero-order chi connectivity index (χ0) is 9.26. The highest BCUT2D eigenvalue weighted by atomic mass is 15.2. The van der Waals surface area contributed by atoms with Crippen molar-refractivity contribution in [2.45, 2.75) is 25.8 Å². The Hall–Kier alpha value is -1.32. The van der Waals surface area contributed by atoms with Crippen LogP contribution in [0.3, 0.4) is 0 Å². The van der Waals surface area contributed by atoms with E-state index in [4.69, 9.17) is 0 Å². The molecule has 0 amide bonds. The number of nitrogens with one attached hydrogen (secondary N) is 2. The lowest BCUT2D eigenvalue weighted by Crippen LogP contribution is -2.07. The minimum absolute atomic E-state index is 0.603. The molecule has 0 radical (unpaired) electrons. The van der Waals surface area contributed by atoms with Crippen LogP contribution < -0.4 is 10.6 Å². The largest absolute Gasteiger partial charge is 0.373 e. The highest BCUT2D eigenvalue weighted by Gasteiger charge is 2.21. The predicted molar refractivity (Wildman–Crippen MR) is 53.0 cm³/mol. The van der Waals surface area contributed by atoms with Gasteiger partial charge in [-0.3, -0.25) is 0 Å². The molecule has 0 spiro atoms. The third kappa shape index (κ3) is 2.08. The number of hydrogen-bond donors (Lipinski definition) is 2. The van der Waals surface area contributed by atoms with Gasteiger partial charge in [-0.25, -0.2) is 4.98 Å². The summed E-state index contributed by atoms with van der Waals surface area (Å²) in [4.78, 5) is 8.60. The lowest BCUT2D eigenvalue weighted by molar-refractivity contribution is 1.03. The molecule has 0 saturated heterocycles. The summed E-state index contributed by atoms with van der Waals surface area (Å²) < 4.78 is 0. The normalized spacial score (nSPS) is 15.5. The van der Waals surface area contributed by atoms with Crippen LogP contribution in [0.4, 0.5) is 11.8 Å². The Morgan fingerprint density at radius 2 is 2.15 bits per heavy atom. The lowest BCUT2D eigenvalue weighted by Gasteiger charge is -2.06. The van der Waals surface area contributed by atoms with Crippen molar-refractivity contribution in [2.24, 2.45) is 0 Å². The van der Waals surface area contributed by atoms with E-state index in [-0.39, 0.29) is 0 Å². The molecule has 1 aromatic rings. The van der Waals surface area contributed by atoms with Crippen molar-refractivity contribution in [1.82, 2.24) is 9.97 Å². The van der Waals surface area contributed by atoms with E-state index in [0.29, 0.717) is 6.04 Å².